The molecule has 4 N–H and O–H groups in total. The number of allylic oxidation sites excluding steroid dienone is 1. The molecule has 1 aliphatic heterocycles. The number of amides is 2. The number of halogens is 3. The SMILES string of the molecule is CCOc1cc([C@H]2NC(=O)NC(C)=C2C(=O)OC)ccc1OC[C@@H](O)N/N=C/c1cc(I)cc(I)c1OCc1ccccc1F. The first-order valence-corrected chi connectivity index (χ1v) is 15.8. The third kappa shape index (κ3) is 8.97. The highest BCUT2D eigenvalue weighted by atomic mass is 127. The first-order valence-electron chi connectivity index (χ1n) is 13.7. The Bertz CT molecular complexity index is 1620. The number of benzene rings is 3. The van der Waals surface area contributed by atoms with E-state index in [1.807, 2.05) is 12.1 Å². The van der Waals surface area contributed by atoms with Crippen LogP contribution < -0.4 is 30.3 Å². The maximum Gasteiger partial charge on any atom is 0.337 e. The lowest BCUT2D eigenvalue weighted by Crippen LogP contribution is -2.45. The lowest BCUT2D eigenvalue weighted by Gasteiger charge is -2.28. The largest absolute Gasteiger partial charge is 0.490 e. The predicted molar refractivity (Wildman–Crippen MR) is 182 cm³/mol. The molecule has 0 bridgehead atoms. The van der Waals surface area contributed by atoms with E-state index in [4.69, 9.17) is 18.9 Å². The fourth-order valence-electron chi connectivity index (χ4n) is 4.41. The minimum Gasteiger partial charge on any atom is -0.490 e. The van der Waals surface area contributed by atoms with Gasteiger partial charge in [-0.2, -0.15) is 5.10 Å². The molecule has 3 aromatic rings. The van der Waals surface area contributed by atoms with E-state index in [0.29, 0.717) is 46.2 Å². The van der Waals surface area contributed by atoms with E-state index in [9.17, 15) is 19.1 Å². The van der Waals surface area contributed by atoms with Gasteiger partial charge in [-0.3, -0.25) is 5.43 Å². The number of nitrogens with one attached hydrogen (secondary N) is 3. The molecule has 0 radical (unpaired) electrons. The predicted octanol–water partition coefficient (Wildman–Crippen LogP) is 5.13. The van der Waals surface area contributed by atoms with Gasteiger partial charge in [0.05, 0.1) is 35.1 Å². The molecule has 0 aromatic heterocycles. The molecule has 0 spiro atoms. The van der Waals surface area contributed by atoms with Crippen molar-refractivity contribution in [2.24, 2.45) is 5.10 Å². The van der Waals surface area contributed by atoms with E-state index in [0.717, 1.165) is 7.14 Å². The summed E-state index contributed by atoms with van der Waals surface area (Å²) in [5.41, 5.74) is 4.90. The Morgan fingerprint density at radius 2 is 1.91 bits per heavy atom. The summed E-state index contributed by atoms with van der Waals surface area (Å²) >= 11 is 4.33. The van der Waals surface area contributed by atoms with E-state index < -0.39 is 24.3 Å². The second kappa shape index (κ2) is 16.1. The normalized spacial score (nSPS) is 15.3. The van der Waals surface area contributed by atoms with Gasteiger partial charge in [0.2, 0.25) is 0 Å². The van der Waals surface area contributed by atoms with Crippen LogP contribution in [-0.2, 0) is 16.1 Å². The quantitative estimate of drug-likeness (QED) is 0.0611. The molecular weight excluding hydrogens is 813 g/mol. The van der Waals surface area contributed by atoms with Crippen molar-refractivity contribution in [3.8, 4) is 17.2 Å². The van der Waals surface area contributed by atoms with Gasteiger partial charge in [-0.15, -0.1) is 0 Å². The van der Waals surface area contributed by atoms with Crippen molar-refractivity contribution in [1.29, 1.82) is 0 Å². The second-order valence-corrected chi connectivity index (χ2v) is 12.0. The summed E-state index contributed by atoms with van der Waals surface area (Å²) in [5, 5.41) is 20.0. The molecule has 2 amide bonds. The Kier molecular flexibility index (Phi) is 12.2. The van der Waals surface area contributed by atoms with Crippen molar-refractivity contribution >= 4 is 63.4 Å². The number of nitrogens with zero attached hydrogens (tertiary/aromatic N) is 1. The minimum atomic E-state index is -1.19. The Morgan fingerprint density at radius 3 is 2.64 bits per heavy atom. The average Bonchev–Trinajstić information content (AvgIpc) is 3.00. The van der Waals surface area contributed by atoms with Crippen LogP contribution in [0.4, 0.5) is 9.18 Å². The first kappa shape index (κ1) is 34.2. The van der Waals surface area contributed by atoms with E-state index in [1.165, 1.54) is 19.4 Å². The number of hydrazone groups is 1. The van der Waals surface area contributed by atoms with Crippen molar-refractivity contribution < 1.29 is 38.0 Å². The summed E-state index contributed by atoms with van der Waals surface area (Å²) in [5.74, 6) is 0.285. The standard InChI is InChI=1S/C31H31FI2N4O7/c1-4-43-25-12-18(28-27(30(40)42-3)17(2)36-31(41)37-28)9-10-24(25)44-16-26(39)38-35-14-20-11-21(33)13-23(34)29(20)45-15-19-7-5-6-8-22(19)32/h5-14,26,28,38-39H,4,15-16H2,1-3H3,(H2,36,37,41)/b35-14+/t26-,28-/m1/s1. The van der Waals surface area contributed by atoms with E-state index >= 15 is 0 Å². The zero-order valence-electron chi connectivity index (χ0n) is 24.5. The van der Waals surface area contributed by atoms with Crippen molar-refractivity contribution in [1.82, 2.24) is 16.1 Å². The number of rotatable bonds is 13. The van der Waals surface area contributed by atoms with Gasteiger partial charge >= 0.3 is 12.0 Å². The summed E-state index contributed by atoms with van der Waals surface area (Å²) in [6, 6.07) is 13.9. The third-order valence-electron chi connectivity index (χ3n) is 6.47. The maximum atomic E-state index is 14.1. The van der Waals surface area contributed by atoms with Crippen molar-refractivity contribution in [2.45, 2.75) is 32.7 Å². The zero-order chi connectivity index (χ0) is 32.5. The van der Waals surface area contributed by atoms with Gasteiger partial charge in [0.15, 0.2) is 17.7 Å². The highest BCUT2D eigenvalue weighted by Gasteiger charge is 2.32. The molecule has 11 nitrogen and oxygen atoms in total. The molecule has 0 saturated heterocycles. The van der Waals surface area contributed by atoms with Crippen LogP contribution >= 0.6 is 45.2 Å². The second-order valence-electron chi connectivity index (χ2n) is 9.60. The molecule has 238 valence electrons. The summed E-state index contributed by atoms with van der Waals surface area (Å²) in [7, 11) is 1.27. The molecule has 0 fully saturated rings. The molecule has 45 heavy (non-hydrogen) atoms. The fraction of sp³-hybridized carbons (Fsp3) is 0.258. The van der Waals surface area contributed by atoms with Crippen LogP contribution in [0.25, 0.3) is 0 Å². The van der Waals surface area contributed by atoms with E-state index in [-0.39, 0.29) is 24.6 Å². The molecule has 0 unspecified atom stereocenters. The topological polar surface area (TPSA) is 140 Å². The number of hydrogen-bond acceptors (Lipinski definition) is 9. The molecule has 3 aromatic carbocycles. The van der Waals surface area contributed by atoms with Gasteiger partial charge in [0, 0.05) is 20.4 Å². The monoisotopic (exact) mass is 844 g/mol. The molecule has 4 rings (SSSR count). The molecule has 1 aliphatic rings. The number of ether oxygens (including phenoxy) is 4. The smallest absolute Gasteiger partial charge is 0.337 e. The van der Waals surface area contributed by atoms with Gasteiger partial charge in [-0.05, 0) is 94.9 Å². The van der Waals surface area contributed by atoms with Crippen LogP contribution in [-0.4, -0.2) is 49.9 Å². The first-order chi connectivity index (χ1) is 21.6. The molecule has 0 aliphatic carbocycles. The Labute approximate surface area is 286 Å². The van der Waals surface area contributed by atoms with Gasteiger partial charge in [-0.25, -0.2) is 14.0 Å². The average molecular weight is 844 g/mol. The third-order valence-corrected chi connectivity index (χ3v) is 7.89. The number of carbonyl (C=O) groups is 2. The van der Waals surface area contributed by atoms with E-state index in [2.05, 4.69) is 66.3 Å². The lowest BCUT2D eigenvalue weighted by molar-refractivity contribution is -0.136. The summed E-state index contributed by atoms with van der Waals surface area (Å²) < 4.78 is 38.3. The van der Waals surface area contributed by atoms with Crippen LogP contribution in [0.3, 0.4) is 0 Å². The Morgan fingerprint density at radius 1 is 1.13 bits per heavy atom. The fourth-order valence-corrected chi connectivity index (χ4v) is 6.45. The number of methoxy groups -OCH3 is 1. The number of aliphatic hydroxyl groups is 1. The van der Waals surface area contributed by atoms with Crippen molar-refractivity contribution in [3.05, 3.63) is 95.5 Å². The number of urea groups is 1. The minimum absolute atomic E-state index is 0.0405. The van der Waals surface area contributed by atoms with Crippen molar-refractivity contribution in [2.75, 3.05) is 20.3 Å². The van der Waals surface area contributed by atoms with Gasteiger partial charge in [0.25, 0.3) is 0 Å². The van der Waals surface area contributed by atoms with Crippen LogP contribution in [0.5, 0.6) is 17.2 Å². The van der Waals surface area contributed by atoms with Gasteiger partial charge in [-0.1, -0.05) is 24.3 Å². The maximum absolute atomic E-state index is 14.1. The van der Waals surface area contributed by atoms with Crippen molar-refractivity contribution in [3.63, 3.8) is 0 Å². The highest BCUT2D eigenvalue weighted by molar-refractivity contribution is 14.1. The van der Waals surface area contributed by atoms with Crippen LogP contribution in [0.1, 0.15) is 36.6 Å². The summed E-state index contributed by atoms with van der Waals surface area (Å²) in [6.45, 7) is 3.60. The molecule has 0 saturated carbocycles. The Balaban J connectivity index is 1.43. The molecule has 14 heteroatoms. The summed E-state index contributed by atoms with van der Waals surface area (Å²) in [4.78, 5) is 24.6. The zero-order valence-corrected chi connectivity index (χ0v) is 28.8. The van der Waals surface area contributed by atoms with Crippen LogP contribution in [0.15, 0.2) is 71.0 Å². The number of carbonyl (C=O) groups excluding carboxylic acids is 2. The van der Waals surface area contributed by atoms with Crippen LogP contribution in [0, 0.1) is 13.0 Å². The number of aliphatic hydroxyl groups excluding tert-OH is 1. The number of esters is 1. The highest BCUT2D eigenvalue weighted by Crippen LogP contribution is 2.35. The summed E-state index contributed by atoms with van der Waals surface area (Å²) in [6.07, 6.45) is 0.312. The van der Waals surface area contributed by atoms with Gasteiger partial charge < -0.3 is 34.7 Å². The Hall–Kier alpha value is -3.64. The lowest BCUT2D eigenvalue weighted by atomic mass is 9.95. The molecular formula is C31H31FI2N4O7. The molecule has 2 atom stereocenters. The molecule has 1 heterocycles. The van der Waals surface area contributed by atoms with E-state index in [1.54, 1.807) is 50.2 Å². The van der Waals surface area contributed by atoms with Crippen LogP contribution in [0.2, 0.25) is 0 Å². The number of hydrogen-bond donors (Lipinski definition) is 4. The van der Waals surface area contributed by atoms with Gasteiger partial charge in [0.1, 0.15) is 24.8 Å².